The average molecular weight is 423 g/mol. The quantitative estimate of drug-likeness (QED) is 0.629. The molecule has 0 atom stereocenters. The van der Waals surface area contributed by atoms with Crippen molar-refractivity contribution in [3.05, 3.63) is 58.9 Å². The summed E-state index contributed by atoms with van der Waals surface area (Å²) in [6.07, 6.45) is 4.02. The Kier molecular flexibility index (Phi) is 4.71. The third-order valence-corrected chi connectivity index (χ3v) is 5.55. The topological polar surface area (TPSA) is 102 Å². The maximum atomic E-state index is 12.7. The molecule has 2 aromatic carbocycles. The van der Waals surface area contributed by atoms with Gasteiger partial charge in [0, 0.05) is 28.8 Å². The van der Waals surface area contributed by atoms with Crippen LogP contribution in [0.2, 0.25) is 5.02 Å². The third-order valence-electron chi connectivity index (χ3n) is 5.23. The number of tetrazole rings is 1. The van der Waals surface area contributed by atoms with E-state index >= 15 is 0 Å². The van der Waals surface area contributed by atoms with Gasteiger partial charge < -0.3 is 10.6 Å². The Morgan fingerprint density at radius 3 is 2.40 bits per heavy atom. The molecule has 0 spiro atoms. The summed E-state index contributed by atoms with van der Waals surface area (Å²) in [4.78, 5) is 24.5. The summed E-state index contributed by atoms with van der Waals surface area (Å²) in [6.45, 7) is 0. The molecule has 2 N–H and O–H groups in total. The third kappa shape index (κ3) is 3.91. The van der Waals surface area contributed by atoms with E-state index in [9.17, 15) is 9.59 Å². The van der Waals surface area contributed by atoms with Crippen LogP contribution in [0.3, 0.4) is 0 Å². The van der Waals surface area contributed by atoms with E-state index in [4.69, 9.17) is 11.6 Å². The second kappa shape index (κ2) is 7.53. The van der Waals surface area contributed by atoms with Gasteiger partial charge in [0.25, 0.3) is 5.91 Å². The fraction of sp³-hybridized carbons (Fsp3) is 0.286. The summed E-state index contributed by atoms with van der Waals surface area (Å²) in [5.41, 5.74) is 2.38. The first-order chi connectivity index (χ1) is 14.6. The molecule has 3 aromatic rings. The van der Waals surface area contributed by atoms with Crippen molar-refractivity contribution in [3.8, 4) is 5.69 Å². The first kappa shape index (κ1) is 18.7. The van der Waals surface area contributed by atoms with Gasteiger partial charge in [0.2, 0.25) is 5.91 Å². The van der Waals surface area contributed by atoms with Gasteiger partial charge in [-0.2, -0.15) is 4.68 Å². The number of hydrogen-bond acceptors (Lipinski definition) is 5. The minimum atomic E-state index is -0.262. The highest BCUT2D eigenvalue weighted by atomic mass is 35.5. The number of rotatable bonds is 6. The molecule has 2 saturated carbocycles. The monoisotopic (exact) mass is 422 g/mol. The van der Waals surface area contributed by atoms with E-state index in [2.05, 4.69) is 26.2 Å². The molecule has 152 valence electrons. The number of carbonyl (C=O) groups excluding carboxylic acids is 2. The first-order valence-electron chi connectivity index (χ1n) is 9.89. The first-order valence-corrected chi connectivity index (χ1v) is 10.3. The lowest BCUT2D eigenvalue weighted by Crippen LogP contribution is -2.14. The number of nitrogens with one attached hydrogen (secondary N) is 2. The molecule has 0 radical (unpaired) electrons. The lowest BCUT2D eigenvalue weighted by atomic mass is 10.1. The van der Waals surface area contributed by atoms with Crippen LogP contribution in [0, 0.1) is 5.92 Å². The molecule has 0 bridgehead atoms. The maximum absolute atomic E-state index is 12.7. The number of aromatic nitrogens is 4. The summed E-state index contributed by atoms with van der Waals surface area (Å²) in [5.74, 6) is 1.04. The molecule has 30 heavy (non-hydrogen) atoms. The summed E-state index contributed by atoms with van der Waals surface area (Å²) in [5, 5.41) is 18.2. The number of anilines is 2. The Balaban J connectivity index is 1.31. The zero-order chi connectivity index (χ0) is 20.7. The van der Waals surface area contributed by atoms with E-state index in [-0.39, 0.29) is 17.7 Å². The highest BCUT2D eigenvalue weighted by Crippen LogP contribution is 2.40. The lowest BCUT2D eigenvalue weighted by Gasteiger charge is -2.11. The van der Waals surface area contributed by atoms with Crippen molar-refractivity contribution < 1.29 is 9.59 Å². The molecule has 0 unspecified atom stereocenters. The Hall–Kier alpha value is -3.26. The molecule has 2 fully saturated rings. The normalized spacial score (nSPS) is 15.6. The Morgan fingerprint density at radius 2 is 1.70 bits per heavy atom. The standard InChI is InChI=1S/C21H19ClN6O2/c22-17-10-9-16(11-18(17)28-19(12-1-2-12)25-26-27-28)24-21(30)14-5-7-15(8-6-14)23-20(29)13-3-4-13/h5-13H,1-4H2,(H,23,29)(H,24,30). The number of hydrogen-bond donors (Lipinski definition) is 2. The molecular weight excluding hydrogens is 404 g/mol. The van der Waals surface area contributed by atoms with Crippen LogP contribution in [-0.2, 0) is 4.79 Å². The number of nitrogens with zero attached hydrogens (tertiary/aromatic N) is 4. The zero-order valence-electron chi connectivity index (χ0n) is 16.0. The maximum Gasteiger partial charge on any atom is 0.255 e. The van der Waals surface area contributed by atoms with Gasteiger partial charge in [-0.25, -0.2) is 0 Å². The van der Waals surface area contributed by atoms with Gasteiger partial charge in [-0.15, -0.1) is 5.10 Å². The largest absolute Gasteiger partial charge is 0.326 e. The van der Waals surface area contributed by atoms with Crippen molar-refractivity contribution in [2.45, 2.75) is 31.6 Å². The van der Waals surface area contributed by atoms with Gasteiger partial charge in [-0.1, -0.05) is 11.6 Å². The molecule has 5 rings (SSSR count). The van der Waals surface area contributed by atoms with Crippen LogP contribution in [0.15, 0.2) is 42.5 Å². The Labute approximate surface area is 177 Å². The van der Waals surface area contributed by atoms with Crippen LogP contribution in [-0.4, -0.2) is 32.0 Å². The van der Waals surface area contributed by atoms with E-state index in [1.54, 1.807) is 47.1 Å². The fourth-order valence-electron chi connectivity index (χ4n) is 3.21. The van der Waals surface area contributed by atoms with Crippen LogP contribution < -0.4 is 10.6 Å². The van der Waals surface area contributed by atoms with Crippen LogP contribution in [0.5, 0.6) is 0 Å². The summed E-state index contributed by atoms with van der Waals surface area (Å²) in [6, 6.07) is 12.0. The van der Waals surface area contributed by atoms with Gasteiger partial charge in [-0.3, -0.25) is 9.59 Å². The fourth-order valence-corrected chi connectivity index (χ4v) is 3.41. The molecule has 9 heteroatoms. The molecule has 1 heterocycles. The van der Waals surface area contributed by atoms with Crippen LogP contribution in [0.25, 0.3) is 5.69 Å². The van der Waals surface area contributed by atoms with Crippen molar-refractivity contribution in [1.82, 2.24) is 20.2 Å². The second-order valence-electron chi connectivity index (χ2n) is 7.68. The summed E-state index contributed by atoms with van der Waals surface area (Å²) < 4.78 is 1.63. The molecule has 2 aliphatic carbocycles. The van der Waals surface area contributed by atoms with Gasteiger partial charge >= 0.3 is 0 Å². The lowest BCUT2D eigenvalue weighted by molar-refractivity contribution is -0.117. The van der Waals surface area contributed by atoms with E-state index in [1.807, 2.05) is 0 Å². The smallest absolute Gasteiger partial charge is 0.255 e. The molecular formula is C21H19ClN6O2. The van der Waals surface area contributed by atoms with Gasteiger partial charge in [0.15, 0.2) is 5.82 Å². The minimum absolute atomic E-state index is 0.0362. The molecule has 2 amide bonds. The van der Waals surface area contributed by atoms with Gasteiger partial charge in [-0.05, 0) is 78.6 Å². The molecule has 8 nitrogen and oxygen atoms in total. The second-order valence-corrected chi connectivity index (χ2v) is 8.09. The van der Waals surface area contributed by atoms with E-state index in [0.717, 1.165) is 31.5 Å². The highest BCUT2D eigenvalue weighted by Gasteiger charge is 2.31. The molecule has 0 saturated heterocycles. The minimum Gasteiger partial charge on any atom is -0.326 e. The number of halogens is 1. The predicted octanol–water partition coefficient (Wildman–Crippen LogP) is 3.79. The Bertz CT molecular complexity index is 1120. The van der Waals surface area contributed by atoms with Gasteiger partial charge in [0.05, 0.1) is 10.7 Å². The number of amides is 2. The summed E-state index contributed by atoms with van der Waals surface area (Å²) >= 11 is 6.36. The van der Waals surface area contributed by atoms with Crippen LogP contribution in [0.4, 0.5) is 11.4 Å². The highest BCUT2D eigenvalue weighted by molar-refractivity contribution is 6.32. The van der Waals surface area contributed by atoms with Crippen LogP contribution in [0.1, 0.15) is 47.8 Å². The SMILES string of the molecule is O=C(Nc1ccc(Cl)c(-n2nnnc2C2CC2)c1)c1ccc(NC(=O)C2CC2)cc1. The molecule has 0 aliphatic heterocycles. The zero-order valence-corrected chi connectivity index (χ0v) is 16.8. The van der Waals surface area contributed by atoms with Crippen molar-refractivity contribution in [2.24, 2.45) is 5.92 Å². The van der Waals surface area contributed by atoms with Crippen LogP contribution >= 0.6 is 11.6 Å². The van der Waals surface area contributed by atoms with E-state index < -0.39 is 0 Å². The summed E-state index contributed by atoms with van der Waals surface area (Å²) in [7, 11) is 0. The van der Waals surface area contributed by atoms with Gasteiger partial charge in [0.1, 0.15) is 0 Å². The number of benzene rings is 2. The average Bonchev–Trinajstić information content (AvgIpc) is 3.68. The molecule has 1 aromatic heterocycles. The molecule has 2 aliphatic rings. The predicted molar refractivity (Wildman–Crippen MR) is 112 cm³/mol. The van der Waals surface area contributed by atoms with Crippen molar-refractivity contribution in [2.75, 3.05) is 10.6 Å². The van der Waals surface area contributed by atoms with Crippen molar-refractivity contribution >= 4 is 34.8 Å². The van der Waals surface area contributed by atoms with E-state index in [0.29, 0.717) is 33.6 Å². The van der Waals surface area contributed by atoms with Crippen molar-refractivity contribution in [1.29, 1.82) is 0 Å². The number of carbonyl (C=O) groups is 2. The van der Waals surface area contributed by atoms with Crippen molar-refractivity contribution in [3.63, 3.8) is 0 Å². The Morgan fingerprint density at radius 1 is 0.967 bits per heavy atom. The van der Waals surface area contributed by atoms with E-state index in [1.165, 1.54) is 0 Å².